The first-order chi connectivity index (χ1) is 10.1. The topological polar surface area (TPSA) is 43.9 Å². The van der Waals surface area contributed by atoms with Crippen molar-refractivity contribution in [3.63, 3.8) is 0 Å². The van der Waals surface area contributed by atoms with Crippen LogP contribution in [0.2, 0.25) is 0 Å². The number of nitrogens with zero attached hydrogens (tertiary/aromatic N) is 3. The van der Waals surface area contributed by atoms with Crippen LogP contribution in [0.3, 0.4) is 0 Å². The van der Waals surface area contributed by atoms with Crippen LogP contribution in [0, 0.1) is 0 Å². The van der Waals surface area contributed by atoms with E-state index < -0.39 is 0 Å². The van der Waals surface area contributed by atoms with Crippen LogP contribution in [-0.4, -0.2) is 72.3 Å². The van der Waals surface area contributed by atoms with Crippen molar-refractivity contribution in [2.24, 2.45) is 0 Å². The standard InChI is InChI=1S/C16H21N3O2/c1-17-12-15(20)19-10-9-18(11-14(19)16(17)21)8-7-13-5-3-2-4-6-13/h2-6,14H,7-12H2,1H3/t14-/m1/s1. The Morgan fingerprint density at radius 3 is 2.67 bits per heavy atom. The average molecular weight is 287 g/mol. The maximum absolute atomic E-state index is 12.2. The lowest BCUT2D eigenvalue weighted by Crippen LogP contribution is -2.66. The Morgan fingerprint density at radius 2 is 1.90 bits per heavy atom. The van der Waals surface area contributed by atoms with Crippen molar-refractivity contribution in [3.05, 3.63) is 35.9 Å². The molecule has 2 aliphatic heterocycles. The van der Waals surface area contributed by atoms with E-state index in [0.29, 0.717) is 13.1 Å². The van der Waals surface area contributed by atoms with Gasteiger partial charge in [-0.2, -0.15) is 0 Å². The lowest BCUT2D eigenvalue weighted by molar-refractivity contribution is -0.158. The van der Waals surface area contributed by atoms with Gasteiger partial charge < -0.3 is 9.80 Å². The highest BCUT2D eigenvalue weighted by atomic mass is 16.2. The molecule has 0 aliphatic carbocycles. The number of carbonyl (C=O) groups is 2. The van der Waals surface area contributed by atoms with Crippen molar-refractivity contribution in [2.75, 3.05) is 39.8 Å². The summed E-state index contributed by atoms with van der Waals surface area (Å²) in [6.07, 6.45) is 0.978. The summed E-state index contributed by atoms with van der Waals surface area (Å²) in [6, 6.07) is 10.1. The fourth-order valence-electron chi connectivity index (χ4n) is 3.11. The highest BCUT2D eigenvalue weighted by Crippen LogP contribution is 2.17. The van der Waals surface area contributed by atoms with Crippen LogP contribution in [0.4, 0.5) is 0 Å². The number of fused-ring (bicyclic) bond motifs is 1. The van der Waals surface area contributed by atoms with Crippen LogP contribution < -0.4 is 0 Å². The van der Waals surface area contributed by atoms with Crippen molar-refractivity contribution in [1.82, 2.24) is 14.7 Å². The number of hydrogen-bond acceptors (Lipinski definition) is 3. The molecule has 0 saturated carbocycles. The molecule has 2 saturated heterocycles. The van der Waals surface area contributed by atoms with Crippen molar-refractivity contribution in [2.45, 2.75) is 12.5 Å². The third-order valence-electron chi connectivity index (χ3n) is 4.38. The number of hydrogen-bond donors (Lipinski definition) is 0. The Hall–Kier alpha value is -1.88. The minimum Gasteiger partial charge on any atom is -0.335 e. The van der Waals surface area contributed by atoms with Gasteiger partial charge in [0.2, 0.25) is 11.8 Å². The first-order valence-electron chi connectivity index (χ1n) is 7.46. The summed E-state index contributed by atoms with van der Waals surface area (Å²) in [5, 5.41) is 0. The van der Waals surface area contributed by atoms with E-state index in [1.54, 1.807) is 16.8 Å². The Kier molecular flexibility index (Phi) is 3.92. The first-order valence-corrected chi connectivity index (χ1v) is 7.46. The van der Waals surface area contributed by atoms with Crippen LogP contribution in [0.25, 0.3) is 0 Å². The molecule has 5 heteroatoms. The van der Waals surface area contributed by atoms with Gasteiger partial charge in [-0.1, -0.05) is 30.3 Å². The maximum atomic E-state index is 12.2. The van der Waals surface area contributed by atoms with Gasteiger partial charge in [0.15, 0.2) is 0 Å². The van der Waals surface area contributed by atoms with E-state index in [9.17, 15) is 9.59 Å². The molecule has 0 aromatic heterocycles. The molecule has 2 aliphatic rings. The van der Waals surface area contributed by atoms with E-state index in [2.05, 4.69) is 17.0 Å². The highest BCUT2D eigenvalue weighted by Gasteiger charge is 2.40. The molecule has 21 heavy (non-hydrogen) atoms. The number of piperazine rings is 2. The fourth-order valence-corrected chi connectivity index (χ4v) is 3.11. The van der Waals surface area contributed by atoms with Gasteiger partial charge in [-0.05, 0) is 12.0 Å². The summed E-state index contributed by atoms with van der Waals surface area (Å²) < 4.78 is 0. The Balaban J connectivity index is 1.60. The molecule has 2 amide bonds. The fraction of sp³-hybridized carbons (Fsp3) is 0.500. The zero-order valence-electron chi connectivity index (χ0n) is 12.4. The SMILES string of the molecule is CN1CC(=O)N2CCN(CCc3ccccc3)C[C@@H]2C1=O. The van der Waals surface area contributed by atoms with Crippen LogP contribution in [0.1, 0.15) is 5.56 Å². The zero-order valence-corrected chi connectivity index (χ0v) is 12.4. The van der Waals surface area contributed by atoms with Gasteiger partial charge >= 0.3 is 0 Å². The van der Waals surface area contributed by atoms with Gasteiger partial charge in [-0.15, -0.1) is 0 Å². The second-order valence-corrected chi connectivity index (χ2v) is 5.83. The minimum atomic E-state index is -0.291. The van der Waals surface area contributed by atoms with Gasteiger partial charge in [0.1, 0.15) is 6.04 Å². The molecule has 0 spiro atoms. The molecule has 0 N–H and O–H groups in total. The van der Waals surface area contributed by atoms with Crippen LogP contribution >= 0.6 is 0 Å². The normalized spacial score (nSPS) is 23.4. The van der Waals surface area contributed by atoms with Crippen LogP contribution in [0.5, 0.6) is 0 Å². The predicted octanol–water partition coefficient (Wildman–Crippen LogP) is 0.214. The quantitative estimate of drug-likeness (QED) is 0.798. The van der Waals surface area contributed by atoms with Gasteiger partial charge in [-0.25, -0.2) is 0 Å². The number of amides is 2. The van der Waals surface area contributed by atoms with Gasteiger partial charge in [0, 0.05) is 33.2 Å². The highest BCUT2D eigenvalue weighted by molar-refractivity contribution is 5.95. The lowest BCUT2D eigenvalue weighted by Gasteiger charge is -2.45. The maximum Gasteiger partial charge on any atom is 0.246 e. The monoisotopic (exact) mass is 287 g/mol. The van der Waals surface area contributed by atoms with Gasteiger partial charge in [-0.3, -0.25) is 14.5 Å². The van der Waals surface area contributed by atoms with Crippen LogP contribution in [-0.2, 0) is 16.0 Å². The van der Waals surface area contributed by atoms with Gasteiger partial charge in [0.05, 0.1) is 6.54 Å². The molecular formula is C16H21N3O2. The molecule has 0 bridgehead atoms. The van der Waals surface area contributed by atoms with Crippen molar-refractivity contribution < 1.29 is 9.59 Å². The molecular weight excluding hydrogens is 266 g/mol. The van der Waals surface area contributed by atoms with E-state index in [-0.39, 0.29) is 24.4 Å². The molecule has 1 aromatic carbocycles. The third-order valence-corrected chi connectivity index (χ3v) is 4.38. The Labute approximate surface area is 125 Å². The van der Waals surface area contributed by atoms with Crippen molar-refractivity contribution in [3.8, 4) is 0 Å². The molecule has 5 nitrogen and oxygen atoms in total. The van der Waals surface area contributed by atoms with Crippen molar-refractivity contribution >= 4 is 11.8 Å². The summed E-state index contributed by atoms with van der Waals surface area (Å²) in [4.78, 5) is 29.8. The second kappa shape index (κ2) is 5.85. The van der Waals surface area contributed by atoms with E-state index in [1.807, 2.05) is 18.2 Å². The molecule has 2 heterocycles. The molecule has 1 atom stereocenters. The molecule has 112 valence electrons. The number of rotatable bonds is 3. The second-order valence-electron chi connectivity index (χ2n) is 5.83. The van der Waals surface area contributed by atoms with E-state index >= 15 is 0 Å². The lowest BCUT2D eigenvalue weighted by atomic mass is 10.1. The number of benzene rings is 1. The van der Waals surface area contributed by atoms with Crippen molar-refractivity contribution in [1.29, 1.82) is 0 Å². The summed E-state index contributed by atoms with van der Waals surface area (Å²) in [6.45, 7) is 3.32. The molecule has 1 aromatic rings. The Morgan fingerprint density at radius 1 is 1.14 bits per heavy atom. The molecule has 2 fully saturated rings. The van der Waals surface area contributed by atoms with E-state index in [4.69, 9.17) is 0 Å². The smallest absolute Gasteiger partial charge is 0.246 e. The largest absolute Gasteiger partial charge is 0.335 e. The number of likely N-dealkylation sites (N-methyl/N-ethyl adjacent to an activating group) is 1. The Bertz CT molecular complexity index is 532. The van der Waals surface area contributed by atoms with Crippen LogP contribution in [0.15, 0.2) is 30.3 Å². The molecule has 0 radical (unpaired) electrons. The zero-order chi connectivity index (χ0) is 14.8. The summed E-state index contributed by atoms with van der Waals surface area (Å²) in [5.41, 5.74) is 1.31. The van der Waals surface area contributed by atoms with Gasteiger partial charge in [0.25, 0.3) is 0 Å². The summed E-state index contributed by atoms with van der Waals surface area (Å²) in [5.74, 6) is 0.142. The molecule has 3 rings (SSSR count). The predicted molar refractivity (Wildman–Crippen MR) is 79.7 cm³/mol. The van der Waals surface area contributed by atoms with E-state index in [1.165, 1.54) is 5.56 Å². The molecule has 0 unspecified atom stereocenters. The first kappa shape index (κ1) is 14.1. The summed E-state index contributed by atoms with van der Waals surface area (Å²) in [7, 11) is 1.71. The third kappa shape index (κ3) is 2.93. The number of carbonyl (C=O) groups excluding carboxylic acids is 2. The minimum absolute atomic E-state index is 0.0685. The van der Waals surface area contributed by atoms with E-state index in [0.717, 1.165) is 19.5 Å². The average Bonchev–Trinajstić information content (AvgIpc) is 2.51. The summed E-state index contributed by atoms with van der Waals surface area (Å²) >= 11 is 0.